The first-order chi connectivity index (χ1) is 6.83. The number of ether oxygens (including phenoxy) is 1. The van der Waals surface area contributed by atoms with E-state index in [1.165, 1.54) is 19.3 Å². The number of hydrogen-bond acceptors (Lipinski definition) is 2. The van der Waals surface area contributed by atoms with Crippen molar-refractivity contribution in [1.82, 2.24) is 0 Å². The standard InChI is InChI=1S/C12H24O2/c1-2-3-6-11(13)7-4-8-12-9-5-10-14-12/h11-13H,2-10H2,1H3. The molecular weight excluding hydrogens is 176 g/mol. The second-order valence-corrected chi connectivity index (χ2v) is 4.36. The number of hydrogen-bond donors (Lipinski definition) is 1. The Hall–Kier alpha value is -0.0800. The first-order valence-corrected chi connectivity index (χ1v) is 6.12. The quantitative estimate of drug-likeness (QED) is 0.684. The zero-order valence-electron chi connectivity index (χ0n) is 9.37. The molecule has 1 aliphatic heterocycles. The fourth-order valence-electron chi connectivity index (χ4n) is 2.04. The highest BCUT2D eigenvalue weighted by Gasteiger charge is 2.15. The van der Waals surface area contributed by atoms with Gasteiger partial charge < -0.3 is 9.84 Å². The van der Waals surface area contributed by atoms with Gasteiger partial charge in [0.2, 0.25) is 0 Å². The van der Waals surface area contributed by atoms with Gasteiger partial charge in [0.05, 0.1) is 12.2 Å². The monoisotopic (exact) mass is 200 g/mol. The van der Waals surface area contributed by atoms with Crippen LogP contribution in [0.4, 0.5) is 0 Å². The summed E-state index contributed by atoms with van der Waals surface area (Å²) in [5.41, 5.74) is 0. The molecule has 2 unspecified atom stereocenters. The summed E-state index contributed by atoms with van der Waals surface area (Å²) in [6, 6.07) is 0. The van der Waals surface area contributed by atoms with Crippen LogP contribution >= 0.6 is 0 Å². The number of unbranched alkanes of at least 4 members (excludes halogenated alkanes) is 1. The molecule has 0 spiro atoms. The lowest BCUT2D eigenvalue weighted by Gasteiger charge is -2.12. The molecule has 1 rings (SSSR count). The van der Waals surface area contributed by atoms with Crippen molar-refractivity contribution in [1.29, 1.82) is 0 Å². The summed E-state index contributed by atoms with van der Waals surface area (Å²) >= 11 is 0. The molecule has 0 radical (unpaired) electrons. The van der Waals surface area contributed by atoms with E-state index in [1.54, 1.807) is 0 Å². The Morgan fingerprint density at radius 1 is 1.36 bits per heavy atom. The van der Waals surface area contributed by atoms with E-state index in [9.17, 15) is 5.11 Å². The van der Waals surface area contributed by atoms with E-state index < -0.39 is 0 Å². The molecule has 1 saturated heterocycles. The molecule has 2 atom stereocenters. The Labute approximate surface area is 87.7 Å². The molecule has 0 aliphatic carbocycles. The third-order valence-electron chi connectivity index (χ3n) is 2.98. The fourth-order valence-corrected chi connectivity index (χ4v) is 2.04. The molecule has 0 aromatic carbocycles. The summed E-state index contributed by atoms with van der Waals surface area (Å²) in [4.78, 5) is 0. The van der Waals surface area contributed by atoms with Crippen molar-refractivity contribution in [3.8, 4) is 0 Å². The maximum absolute atomic E-state index is 9.61. The Balaban J connectivity index is 1.91. The van der Waals surface area contributed by atoms with Gasteiger partial charge in [-0.05, 0) is 38.5 Å². The van der Waals surface area contributed by atoms with Crippen molar-refractivity contribution >= 4 is 0 Å². The summed E-state index contributed by atoms with van der Waals surface area (Å²) in [6.07, 6.45) is 9.41. The molecule has 1 aliphatic rings. The molecule has 14 heavy (non-hydrogen) atoms. The number of aliphatic hydroxyl groups is 1. The summed E-state index contributed by atoms with van der Waals surface area (Å²) in [5.74, 6) is 0. The highest BCUT2D eigenvalue weighted by Crippen LogP contribution is 2.18. The van der Waals surface area contributed by atoms with E-state index in [1.807, 2.05) is 0 Å². The first kappa shape index (κ1) is 12.0. The fraction of sp³-hybridized carbons (Fsp3) is 1.00. The van der Waals surface area contributed by atoms with Crippen molar-refractivity contribution in [2.75, 3.05) is 6.61 Å². The van der Waals surface area contributed by atoms with E-state index >= 15 is 0 Å². The molecule has 1 N–H and O–H groups in total. The van der Waals surface area contributed by atoms with E-state index in [4.69, 9.17) is 4.74 Å². The van der Waals surface area contributed by atoms with Gasteiger partial charge in [0, 0.05) is 6.61 Å². The van der Waals surface area contributed by atoms with Crippen molar-refractivity contribution in [2.45, 2.75) is 70.5 Å². The van der Waals surface area contributed by atoms with Crippen LogP contribution in [0, 0.1) is 0 Å². The van der Waals surface area contributed by atoms with Crippen molar-refractivity contribution in [2.24, 2.45) is 0 Å². The molecule has 0 amide bonds. The Morgan fingerprint density at radius 2 is 2.14 bits per heavy atom. The van der Waals surface area contributed by atoms with Crippen molar-refractivity contribution in [3.05, 3.63) is 0 Å². The molecule has 1 heterocycles. The predicted molar refractivity (Wildman–Crippen MR) is 58.4 cm³/mol. The summed E-state index contributed by atoms with van der Waals surface area (Å²) < 4.78 is 5.53. The molecule has 84 valence electrons. The highest BCUT2D eigenvalue weighted by molar-refractivity contribution is 4.66. The van der Waals surface area contributed by atoms with Crippen molar-refractivity contribution < 1.29 is 9.84 Å². The van der Waals surface area contributed by atoms with E-state index in [-0.39, 0.29) is 6.10 Å². The second-order valence-electron chi connectivity index (χ2n) is 4.36. The summed E-state index contributed by atoms with van der Waals surface area (Å²) in [6.45, 7) is 3.11. The van der Waals surface area contributed by atoms with E-state index in [0.717, 1.165) is 38.7 Å². The van der Waals surface area contributed by atoms with Gasteiger partial charge in [-0.15, -0.1) is 0 Å². The van der Waals surface area contributed by atoms with Gasteiger partial charge in [-0.1, -0.05) is 19.8 Å². The maximum Gasteiger partial charge on any atom is 0.0576 e. The normalized spacial score (nSPS) is 24.0. The van der Waals surface area contributed by atoms with E-state index in [0.29, 0.717) is 6.10 Å². The van der Waals surface area contributed by atoms with Gasteiger partial charge in [-0.3, -0.25) is 0 Å². The zero-order valence-corrected chi connectivity index (χ0v) is 9.37. The van der Waals surface area contributed by atoms with Crippen LogP contribution < -0.4 is 0 Å². The lowest BCUT2D eigenvalue weighted by atomic mass is 10.0. The summed E-state index contributed by atoms with van der Waals surface area (Å²) in [7, 11) is 0. The van der Waals surface area contributed by atoms with Crippen LogP contribution in [-0.4, -0.2) is 23.9 Å². The van der Waals surface area contributed by atoms with Gasteiger partial charge in [-0.2, -0.15) is 0 Å². The lowest BCUT2D eigenvalue weighted by molar-refractivity contribution is 0.0929. The van der Waals surface area contributed by atoms with Crippen LogP contribution in [0.15, 0.2) is 0 Å². The molecule has 0 aromatic heterocycles. The average molecular weight is 200 g/mol. The highest BCUT2D eigenvalue weighted by atomic mass is 16.5. The predicted octanol–water partition coefficient (Wildman–Crippen LogP) is 2.89. The van der Waals surface area contributed by atoms with Crippen LogP contribution in [0.25, 0.3) is 0 Å². The summed E-state index contributed by atoms with van der Waals surface area (Å²) in [5, 5.41) is 9.61. The minimum absolute atomic E-state index is 0.0728. The topological polar surface area (TPSA) is 29.5 Å². The second kappa shape index (κ2) is 7.24. The molecule has 2 nitrogen and oxygen atoms in total. The number of rotatable bonds is 7. The Bertz CT molecular complexity index is 130. The molecular formula is C12H24O2. The van der Waals surface area contributed by atoms with Crippen LogP contribution in [0.3, 0.4) is 0 Å². The Morgan fingerprint density at radius 3 is 2.79 bits per heavy atom. The first-order valence-electron chi connectivity index (χ1n) is 6.12. The molecule has 0 aromatic rings. The minimum atomic E-state index is -0.0728. The van der Waals surface area contributed by atoms with Gasteiger partial charge in [0.1, 0.15) is 0 Å². The molecule has 2 heteroatoms. The van der Waals surface area contributed by atoms with Gasteiger partial charge in [-0.25, -0.2) is 0 Å². The van der Waals surface area contributed by atoms with Gasteiger partial charge in [0.25, 0.3) is 0 Å². The maximum atomic E-state index is 9.61. The van der Waals surface area contributed by atoms with Gasteiger partial charge >= 0.3 is 0 Å². The molecule has 0 bridgehead atoms. The van der Waals surface area contributed by atoms with Crippen LogP contribution in [0.1, 0.15) is 58.3 Å². The van der Waals surface area contributed by atoms with Crippen LogP contribution in [-0.2, 0) is 4.74 Å². The lowest BCUT2D eigenvalue weighted by Crippen LogP contribution is -2.09. The van der Waals surface area contributed by atoms with E-state index in [2.05, 4.69) is 6.92 Å². The van der Waals surface area contributed by atoms with Gasteiger partial charge in [0.15, 0.2) is 0 Å². The number of aliphatic hydroxyl groups excluding tert-OH is 1. The third-order valence-corrected chi connectivity index (χ3v) is 2.98. The zero-order chi connectivity index (χ0) is 10.2. The Kier molecular flexibility index (Phi) is 6.20. The largest absolute Gasteiger partial charge is 0.393 e. The smallest absolute Gasteiger partial charge is 0.0576 e. The van der Waals surface area contributed by atoms with Crippen molar-refractivity contribution in [3.63, 3.8) is 0 Å². The van der Waals surface area contributed by atoms with Crippen LogP contribution in [0.5, 0.6) is 0 Å². The van der Waals surface area contributed by atoms with Crippen LogP contribution in [0.2, 0.25) is 0 Å². The SMILES string of the molecule is CCCCC(O)CCCC1CCCO1. The molecule has 1 fully saturated rings. The minimum Gasteiger partial charge on any atom is -0.393 e. The third kappa shape index (κ3) is 4.97. The molecule has 0 saturated carbocycles. The average Bonchev–Trinajstić information content (AvgIpc) is 2.67.